The van der Waals surface area contributed by atoms with Crippen LogP contribution in [0.3, 0.4) is 0 Å². The van der Waals surface area contributed by atoms with Gasteiger partial charge < -0.3 is 12.2 Å². The molecule has 1 nitrogen and oxygen atoms in total. The van der Waals surface area contributed by atoms with Crippen molar-refractivity contribution in [2.24, 2.45) is 5.92 Å². The molecule has 0 aliphatic heterocycles. The fourth-order valence-electron chi connectivity index (χ4n) is 0.535. The van der Waals surface area contributed by atoms with Gasteiger partial charge in [-0.3, -0.25) is 0 Å². The van der Waals surface area contributed by atoms with Gasteiger partial charge in [0.2, 0.25) is 0 Å². The van der Waals surface area contributed by atoms with Gasteiger partial charge in [-0.25, -0.2) is 0 Å². The Morgan fingerprint density at radius 2 is 1.90 bits per heavy atom. The molecule has 0 radical (unpaired) electrons. The highest BCUT2D eigenvalue weighted by Gasteiger charge is 1.90. The molecule has 1 atom stereocenters. The first-order valence-electron chi connectivity index (χ1n) is 3.25. The SMILES string of the molecule is C.C.[CH2-]CC(C)CCNC. The minimum absolute atomic E-state index is 0. The highest BCUT2D eigenvalue weighted by molar-refractivity contribution is 4.54. The number of hydrogen-bond donors (Lipinski definition) is 1. The van der Waals surface area contributed by atoms with Crippen molar-refractivity contribution in [1.29, 1.82) is 0 Å². The zero-order valence-corrected chi connectivity index (χ0v) is 5.91. The number of rotatable bonds is 4. The Balaban J connectivity index is -0.000000245. The van der Waals surface area contributed by atoms with Crippen LogP contribution < -0.4 is 5.32 Å². The Labute approximate surface area is 67.2 Å². The molecule has 0 aliphatic rings. The van der Waals surface area contributed by atoms with Crippen molar-refractivity contribution in [1.82, 2.24) is 5.32 Å². The summed E-state index contributed by atoms with van der Waals surface area (Å²) in [7, 11) is 1.98. The van der Waals surface area contributed by atoms with Gasteiger partial charge in [0.05, 0.1) is 0 Å². The van der Waals surface area contributed by atoms with Crippen LogP contribution in [0.5, 0.6) is 0 Å². The van der Waals surface area contributed by atoms with E-state index in [1.54, 1.807) is 0 Å². The zero-order valence-electron chi connectivity index (χ0n) is 5.91. The Bertz CT molecular complexity index is 44.0. The highest BCUT2D eigenvalue weighted by atomic mass is 14.8. The molecule has 0 fully saturated rings. The van der Waals surface area contributed by atoms with Gasteiger partial charge in [0.1, 0.15) is 0 Å². The Hall–Kier alpha value is -0.0400. The van der Waals surface area contributed by atoms with E-state index in [9.17, 15) is 0 Å². The lowest BCUT2D eigenvalue weighted by Gasteiger charge is -2.09. The van der Waals surface area contributed by atoms with Crippen LogP contribution in [0.15, 0.2) is 0 Å². The van der Waals surface area contributed by atoms with E-state index in [2.05, 4.69) is 19.2 Å². The van der Waals surface area contributed by atoms with Crippen molar-refractivity contribution in [3.63, 3.8) is 0 Å². The first kappa shape index (κ1) is 16.5. The molecule has 1 heteroatoms. The van der Waals surface area contributed by atoms with E-state index in [-0.39, 0.29) is 14.9 Å². The van der Waals surface area contributed by atoms with Gasteiger partial charge in [0, 0.05) is 0 Å². The van der Waals surface area contributed by atoms with E-state index in [1.165, 1.54) is 6.42 Å². The summed E-state index contributed by atoms with van der Waals surface area (Å²) in [6.07, 6.45) is 2.31. The Kier molecular flexibility index (Phi) is 19.3. The van der Waals surface area contributed by atoms with E-state index >= 15 is 0 Å². The number of nitrogens with one attached hydrogen (secondary N) is 1. The quantitative estimate of drug-likeness (QED) is 0.601. The normalized spacial score (nSPS) is 11.1. The fourth-order valence-corrected chi connectivity index (χ4v) is 0.535. The van der Waals surface area contributed by atoms with E-state index in [0.717, 1.165) is 18.9 Å². The molecule has 0 heterocycles. The van der Waals surface area contributed by atoms with Crippen molar-refractivity contribution >= 4 is 0 Å². The largest absolute Gasteiger partial charge is 0.343 e. The van der Waals surface area contributed by atoms with Gasteiger partial charge in [-0.05, 0) is 20.0 Å². The summed E-state index contributed by atoms with van der Waals surface area (Å²) < 4.78 is 0. The maximum Gasteiger partial charge on any atom is -0.00503 e. The molecule has 0 rings (SSSR count). The van der Waals surface area contributed by atoms with Gasteiger partial charge in [0.15, 0.2) is 0 Å². The standard InChI is InChI=1S/C7H16N.2CH4/c1-4-7(2)5-6-8-3;;/h7-8H,1,4-6H2,2-3H3;2*1H4/q-1;;. The molecule has 1 N–H and O–H groups in total. The van der Waals surface area contributed by atoms with Crippen molar-refractivity contribution in [2.75, 3.05) is 13.6 Å². The molecule has 0 amide bonds. The molecule has 0 saturated heterocycles. The molecule has 0 aromatic heterocycles. The lowest BCUT2D eigenvalue weighted by Crippen LogP contribution is -2.10. The van der Waals surface area contributed by atoms with Crippen LogP contribution in [0.1, 0.15) is 34.6 Å². The van der Waals surface area contributed by atoms with Gasteiger partial charge in [-0.1, -0.05) is 27.7 Å². The molecule has 10 heavy (non-hydrogen) atoms. The van der Waals surface area contributed by atoms with Crippen LogP contribution in [0, 0.1) is 12.8 Å². The van der Waals surface area contributed by atoms with Gasteiger partial charge in [0.25, 0.3) is 0 Å². The van der Waals surface area contributed by atoms with Gasteiger partial charge in [-0.2, -0.15) is 6.42 Å². The summed E-state index contributed by atoms with van der Waals surface area (Å²) in [4.78, 5) is 0. The molecule has 0 aromatic rings. The second kappa shape index (κ2) is 11.7. The highest BCUT2D eigenvalue weighted by Crippen LogP contribution is 2.03. The van der Waals surface area contributed by atoms with Crippen LogP contribution in [-0.4, -0.2) is 13.6 Å². The van der Waals surface area contributed by atoms with E-state index in [1.807, 2.05) is 7.05 Å². The van der Waals surface area contributed by atoms with Crippen LogP contribution in [0.4, 0.5) is 0 Å². The third-order valence-electron chi connectivity index (χ3n) is 1.38. The Morgan fingerprint density at radius 1 is 1.40 bits per heavy atom. The van der Waals surface area contributed by atoms with Crippen molar-refractivity contribution in [3.05, 3.63) is 6.92 Å². The minimum Gasteiger partial charge on any atom is -0.343 e. The van der Waals surface area contributed by atoms with Crippen LogP contribution in [0.25, 0.3) is 0 Å². The maximum atomic E-state index is 3.81. The summed E-state index contributed by atoms with van der Waals surface area (Å²) in [6.45, 7) is 7.16. The summed E-state index contributed by atoms with van der Waals surface area (Å²) in [5, 5.41) is 3.11. The minimum atomic E-state index is 0. The zero-order chi connectivity index (χ0) is 6.41. The molecular formula is C9H24N-. The third kappa shape index (κ3) is 10.9. The van der Waals surface area contributed by atoms with Gasteiger partial charge >= 0.3 is 0 Å². The third-order valence-corrected chi connectivity index (χ3v) is 1.38. The van der Waals surface area contributed by atoms with E-state index < -0.39 is 0 Å². The van der Waals surface area contributed by atoms with Crippen molar-refractivity contribution < 1.29 is 0 Å². The molecule has 1 unspecified atom stereocenters. The predicted molar refractivity (Wildman–Crippen MR) is 51.1 cm³/mol. The molecule has 0 aromatic carbocycles. The summed E-state index contributed by atoms with van der Waals surface area (Å²) in [6, 6.07) is 0. The monoisotopic (exact) mass is 146 g/mol. The average molecular weight is 146 g/mol. The van der Waals surface area contributed by atoms with Crippen LogP contribution >= 0.6 is 0 Å². The smallest absolute Gasteiger partial charge is 0.00503 e. The van der Waals surface area contributed by atoms with Crippen LogP contribution in [0.2, 0.25) is 0 Å². The van der Waals surface area contributed by atoms with Crippen molar-refractivity contribution in [3.8, 4) is 0 Å². The lowest BCUT2D eigenvalue weighted by atomic mass is 10.1. The maximum absolute atomic E-state index is 3.81. The molecule has 0 saturated carbocycles. The van der Waals surface area contributed by atoms with Gasteiger partial charge in [-0.15, -0.1) is 0 Å². The first-order chi connectivity index (χ1) is 3.81. The number of hydrogen-bond acceptors (Lipinski definition) is 1. The first-order valence-corrected chi connectivity index (χ1v) is 3.25. The second-order valence-corrected chi connectivity index (χ2v) is 2.29. The average Bonchev–Trinajstić information content (AvgIpc) is 1.83. The topological polar surface area (TPSA) is 12.0 Å². The second-order valence-electron chi connectivity index (χ2n) is 2.29. The molecule has 0 bridgehead atoms. The van der Waals surface area contributed by atoms with E-state index in [4.69, 9.17) is 0 Å². The summed E-state index contributed by atoms with van der Waals surface area (Å²) in [5.41, 5.74) is 0. The summed E-state index contributed by atoms with van der Waals surface area (Å²) >= 11 is 0. The van der Waals surface area contributed by atoms with Crippen LogP contribution in [-0.2, 0) is 0 Å². The molecule has 0 spiro atoms. The Morgan fingerprint density at radius 3 is 2.20 bits per heavy atom. The predicted octanol–water partition coefficient (Wildman–Crippen LogP) is 2.73. The molecule has 0 aliphatic carbocycles. The van der Waals surface area contributed by atoms with E-state index in [0.29, 0.717) is 0 Å². The summed E-state index contributed by atoms with van der Waals surface area (Å²) in [5.74, 6) is 0.780. The van der Waals surface area contributed by atoms with Crippen molar-refractivity contribution in [2.45, 2.75) is 34.6 Å². The molecular weight excluding hydrogens is 122 g/mol. The molecule has 66 valence electrons. The fraction of sp³-hybridized carbons (Fsp3) is 0.889. The lowest BCUT2D eigenvalue weighted by molar-refractivity contribution is 0.522.